The molecule has 1 aliphatic rings. The standard InChI is InChI=1S/C9H13N5O2/c1-5-3-11-14(2)6(5)9(4-10)7(15)12-8(16)13-9/h3H,4,10H2,1-2H3,(H2,12,13,15,16)/t9-/m1/s1. The van der Waals surface area contributed by atoms with Crippen molar-refractivity contribution in [2.24, 2.45) is 12.8 Å². The van der Waals surface area contributed by atoms with Crippen LogP contribution in [0.3, 0.4) is 0 Å². The molecule has 0 aromatic carbocycles. The summed E-state index contributed by atoms with van der Waals surface area (Å²) in [6, 6.07) is -0.531. The highest BCUT2D eigenvalue weighted by Gasteiger charge is 2.49. The number of nitrogens with zero attached hydrogens (tertiary/aromatic N) is 2. The molecule has 2 rings (SSSR count). The molecule has 2 heterocycles. The second kappa shape index (κ2) is 3.31. The van der Waals surface area contributed by atoms with E-state index in [0.29, 0.717) is 5.69 Å². The van der Waals surface area contributed by atoms with Crippen LogP contribution in [0.15, 0.2) is 6.20 Å². The Morgan fingerprint density at radius 3 is 2.62 bits per heavy atom. The highest BCUT2D eigenvalue weighted by Crippen LogP contribution is 2.25. The van der Waals surface area contributed by atoms with E-state index in [-0.39, 0.29) is 6.54 Å². The first-order valence-corrected chi connectivity index (χ1v) is 4.84. The maximum absolute atomic E-state index is 11.8. The summed E-state index contributed by atoms with van der Waals surface area (Å²) in [5, 5.41) is 8.80. The van der Waals surface area contributed by atoms with Crippen LogP contribution in [0.1, 0.15) is 11.3 Å². The molecule has 7 nitrogen and oxygen atoms in total. The van der Waals surface area contributed by atoms with Gasteiger partial charge in [0.25, 0.3) is 5.91 Å². The molecule has 1 fully saturated rings. The maximum Gasteiger partial charge on any atom is 0.322 e. The Balaban J connectivity index is 2.59. The van der Waals surface area contributed by atoms with Crippen LogP contribution in [0.4, 0.5) is 4.79 Å². The van der Waals surface area contributed by atoms with Crippen LogP contribution in [0.2, 0.25) is 0 Å². The predicted molar refractivity (Wildman–Crippen MR) is 55.4 cm³/mol. The number of nitrogens with two attached hydrogens (primary N) is 1. The van der Waals surface area contributed by atoms with Crippen LogP contribution in [0.25, 0.3) is 0 Å². The number of nitrogens with one attached hydrogen (secondary N) is 2. The summed E-state index contributed by atoms with van der Waals surface area (Å²) in [5.41, 5.74) is 5.85. The van der Waals surface area contributed by atoms with Crippen molar-refractivity contribution in [3.05, 3.63) is 17.5 Å². The van der Waals surface area contributed by atoms with E-state index in [0.717, 1.165) is 5.56 Å². The lowest BCUT2D eigenvalue weighted by molar-refractivity contribution is -0.124. The normalized spacial score (nSPS) is 24.4. The molecule has 1 aliphatic heterocycles. The van der Waals surface area contributed by atoms with Gasteiger partial charge in [-0.3, -0.25) is 14.8 Å². The number of amides is 3. The van der Waals surface area contributed by atoms with E-state index in [1.807, 2.05) is 6.92 Å². The van der Waals surface area contributed by atoms with Gasteiger partial charge in [-0.15, -0.1) is 0 Å². The van der Waals surface area contributed by atoms with Gasteiger partial charge >= 0.3 is 6.03 Å². The van der Waals surface area contributed by atoms with Crippen molar-refractivity contribution in [3.8, 4) is 0 Å². The first-order chi connectivity index (χ1) is 7.51. The molecule has 1 saturated heterocycles. The molecule has 4 N–H and O–H groups in total. The molecule has 0 aliphatic carbocycles. The van der Waals surface area contributed by atoms with Crippen molar-refractivity contribution in [2.45, 2.75) is 12.5 Å². The Bertz CT molecular complexity index is 447. The summed E-state index contributed by atoms with van der Waals surface area (Å²) >= 11 is 0. The number of aromatic nitrogens is 2. The lowest BCUT2D eigenvalue weighted by Crippen LogP contribution is -2.51. The first-order valence-electron chi connectivity index (χ1n) is 4.84. The molecule has 0 spiro atoms. The van der Waals surface area contributed by atoms with E-state index in [9.17, 15) is 9.59 Å². The van der Waals surface area contributed by atoms with Crippen LogP contribution < -0.4 is 16.4 Å². The second-order valence-electron chi connectivity index (χ2n) is 3.82. The molecular formula is C9H13N5O2. The van der Waals surface area contributed by atoms with E-state index >= 15 is 0 Å². The quantitative estimate of drug-likeness (QED) is 0.543. The van der Waals surface area contributed by atoms with E-state index in [1.165, 1.54) is 0 Å². The van der Waals surface area contributed by atoms with Crippen LogP contribution >= 0.6 is 0 Å². The van der Waals surface area contributed by atoms with E-state index in [1.54, 1.807) is 17.9 Å². The third-order valence-electron chi connectivity index (χ3n) is 2.77. The lowest BCUT2D eigenvalue weighted by atomic mass is 9.93. The number of hydrogen-bond acceptors (Lipinski definition) is 4. The fraction of sp³-hybridized carbons (Fsp3) is 0.444. The number of aryl methyl sites for hydroxylation is 2. The zero-order chi connectivity index (χ0) is 11.9. The summed E-state index contributed by atoms with van der Waals surface area (Å²) in [6.07, 6.45) is 1.63. The summed E-state index contributed by atoms with van der Waals surface area (Å²) in [4.78, 5) is 23.0. The molecule has 16 heavy (non-hydrogen) atoms. The molecular weight excluding hydrogens is 210 g/mol. The van der Waals surface area contributed by atoms with Gasteiger partial charge in [-0.25, -0.2) is 4.79 Å². The van der Waals surface area contributed by atoms with Gasteiger partial charge in [0, 0.05) is 13.6 Å². The topological polar surface area (TPSA) is 102 Å². The van der Waals surface area contributed by atoms with Gasteiger partial charge in [-0.1, -0.05) is 0 Å². The van der Waals surface area contributed by atoms with Gasteiger partial charge in [0.1, 0.15) is 0 Å². The average molecular weight is 223 g/mol. The zero-order valence-corrected chi connectivity index (χ0v) is 9.07. The van der Waals surface area contributed by atoms with Gasteiger partial charge in [-0.05, 0) is 12.5 Å². The van der Waals surface area contributed by atoms with Gasteiger partial charge in [0.05, 0.1) is 11.9 Å². The van der Waals surface area contributed by atoms with E-state index in [2.05, 4.69) is 15.7 Å². The fourth-order valence-electron chi connectivity index (χ4n) is 2.06. The maximum atomic E-state index is 11.8. The number of imide groups is 1. The SMILES string of the molecule is Cc1cnn(C)c1[C@@]1(CN)NC(=O)NC1=O. The molecule has 0 saturated carbocycles. The molecule has 1 aromatic rings. The van der Waals surface area contributed by atoms with Gasteiger partial charge < -0.3 is 11.1 Å². The number of carbonyl (C=O) groups is 2. The number of carbonyl (C=O) groups excluding carboxylic acids is 2. The van der Waals surface area contributed by atoms with E-state index < -0.39 is 17.5 Å². The molecule has 1 aromatic heterocycles. The van der Waals surface area contributed by atoms with Gasteiger partial charge in [0.15, 0.2) is 5.54 Å². The van der Waals surface area contributed by atoms with Crippen molar-refractivity contribution in [1.29, 1.82) is 0 Å². The summed E-state index contributed by atoms with van der Waals surface area (Å²) < 4.78 is 1.55. The molecule has 0 radical (unpaired) electrons. The Labute approximate surface area is 92.0 Å². The first kappa shape index (κ1) is 10.6. The van der Waals surface area contributed by atoms with Crippen molar-refractivity contribution in [2.75, 3.05) is 6.54 Å². The summed E-state index contributed by atoms with van der Waals surface area (Å²) in [6.45, 7) is 1.81. The molecule has 0 bridgehead atoms. The summed E-state index contributed by atoms with van der Waals surface area (Å²) in [5.74, 6) is -0.438. The Kier molecular flexibility index (Phi) is 2.20. The Morgan fingerprint density at radius 2 is 2.25 bits per heavy atom. The van der Waals surface area contributed by atoms with Crippen molar-refractivity contribution >= 4 is 11.9 Å². The van der Waals surface area contributed by atoms with Gasteiger partial charge in [-0.2, -0.15) is 5.10 Å². The molecule has 1 atom stereocenters. The van der Waals surface area contributed by atoms with Crippen molar-refractivity contribution in [1.82, 2.24) is 20.4 Å². The van der Waals surface area contributed by atoms with Crippen LogP contribution in [0, 0.1) is 6.92 Å². The van der Waals surface area contributed by atoms with Crippen molar-refractivity contribution in [3.63, 3.8) is 0 Å². The average Bonchev–Trinajstić information content (AvgIpc) is 2.69. The third kappa shape index (κ3) is 1.21. The molecule has 86 valence electrons. The minimum atomic E-state index is -1.20. The summed E-state index contributed by atoms with van der Waals surface area (Å²) in [7, 11) is 1.71. The smallest absolute Gasteiger partial charge is 0.322 e. The zero-order valence-electron chi connectivity index (χ0n) is 9.07. The van der Waals surface area contributed by atoms with E-state index in [4.69, 9.17) is 5.73 Å². The third-order valence-corrected chi connectivity index (χ3v) is 2.77. The highest BCUT2D eigenvalue weighted by atomic mass is 16.2. The second-order valence-corrected chi connectivity index (χ2v) is 3.82. The minimum Gasteiger partial charge on any atom is -0.327 e. The minimum absolute atomic E-state index is 0.00898. The number of hydrogen-bond donors (Lipinski definition) is 3. The predicted octanol–water partition coefficient (Wildman–Crippen LogP) is -1.28. The molecule has 3 amide bonds. The largest absolute Gasteiger partial charge is 0.327 e. The Morgan fingerprint density at radius 1 is 1.56 bits per heavy atom. The molecule has 7 heteroatoms. The highest BCUT2D eigenvalue weighted by molar-refractivity contribution is 6.07. The van der Waals surface area contributed by atoms with Crippen LogP contribution in [-0.2, 0) is 17.4 Å². The number of urea groups is 1. The number of rotatable bonds is 2. The van der Waals surface area contributed by atoms with Crippen molar-refractivity contribution < 1.29 is 9.59 Å². The van der Waals surface area contributed by atoms with Crippen LogP contribution in [0.5, 0.6) is 0 Å². The Hall–Kier alpha value is -1.89. The van der Waals surface area contributed by atoms with Crippen LogP contribution in [-0.4, -0.2) is 28.3 Å². The van der Waals surface area contributed by atoms with Gasteiger partial charge in [0.2, 0.25) is 0 Å². The lowest BCUT2D eigenvalue weighted by Gasteiger charge is -2.25. The molecule has 0 unspecified atom stereocenters. The fourth-order valence-corrected chi connectivity index (χ4v) is 2.06. The monoisotopic (exact) mass is 223 g/mol.